The number of nitrogens with one attached hydrogen (secondary N) is 2. The fourth-order valence-electron chi connectivity index (χ4n) is 2.04. The normalized spacial score (nSPS) is 17.0. The van der Waals surface area contributed by atoms with Crippen LogP contribution < -0.4 is 10.0 Å². The first-order chi connectivity index (χ1) is 11.1. The van der Waals surface area contributed by atoms with Crippen LogP contribution in [0.25, 0.3) is 0 Å². The monoisotopic (exact) mass is 353 g/mol. The van der Waals surface area contributed by atoms with E-state index in [1.54, 1.807) is 18.2 Å². The average Bonchev–Trinajstić information content (AvgIpc) is 2.73. The lowest BCUT2D eigenvalue weighted by Gasteiger charge is -2.20. The Morgan fingerprint density at radius 3 is 2.58 bits per heavy atom. The molecular formula is C15H19N3O5S. The Kier molecular flexibility index (Phi) is 4.93. The van der Waals surface area contributed by atoms with Gasteiger partial charge in [0.05, 0.1) is 4.90 Å². The maximum absolute atomic E-state index is 11.9. The Hall–Kier alpha value is -2.42. The van der Waals surface area contributed by atoms with E-state index >= 15 is 0 Å². The summed E-state index contributed by atoms with van der Waals surface area (Å²) in [5.74, 6) is -1.06. The predicted molar refractivity (Wildman–Crippen MR) is 87.0 cm³/mol. The highest BCUT2D eigenvalue weighted by Gasteiger charge is 2.30. The van der Waals surface area contributed by atoms with E-state index in [0.29, 0.717) is 5.56 Å². The van der Waals surface area contributed by atoms with Gasteiger partial charge < -0.3 is 10.1 Å². The Morgan fingerprint density at radius 2 is 1.92 bits per heavy atom. The van der Waals surface area contributed by atoms with Crippen molar-refractivity contribution >= 4 is 27.7 Å². The number of benzene rings is 1. The van der Waals surface area contributed by atoms with E-state index in [9.17, 15) is 18.0 Å². The van der Waals surface area contributed by atoms with Crippen LogP contribution in [0.3, 0.4) is 0 Å². The van der Waals surface area contributed by atoms with Gasteiger partial charge in [0.2, 0.25) is 0 Å². The Bertz CT molecular complexity index is 794. The van der Waals surface area contributed by atoms with Crippen molar-refractivity contribution in [1.82, 2.24) is 10.0 Å². The SMILES string of the molecule is CC(C)(C)NC(=O)COC(=O)CN=C1NS(=O)(=O)c2ccccc21. The number of fused-ring (bicyclic) bond motifs is 1. The molecule has 1 heterocycles. The predicted octanol–water partition coefficient (Wildman–Crippen LogP) is 0.183. The summed E-state index contributed by atoms with van der Waals surface area (Å²) in [5, 5.41) is 2.65. The highest BCUT2D eigenvalue weighted by Crippen LogP contribution is 2.21. The lowest BCUT2D eigenvalue weighted by molar-refractivity contribution is -0.147. The van der Waals surface area contributed by atoms with Crippen LogP contribution in [0, 0.1) is 0 Å². The molecule has 0 radical (unpaired) electrons. The molecule has 0 spiro atoms. The van der Waals surface area contributed by atoms with Crippen LogP contribution >= 0.6 is 0 Å². The van der Waals surface area contributed by atoms with Gasteiger partial charge in [0.1, 0.15) is 12.4 Å². The van der Waals surface area contributed by atoms with Gasteiger partial charge in [-0.15, -0.1) is 0 Å². The van der Waals surface area contributed by atoms with Crippen LogP contribution in [0.5, 0.6) is 0 Å². The summed E-state index contributed by atoms with van der Waals surface area (Å²) in [6.07, 6.45) is 0. The molecule has 9 heteroatoms. The summed E-state index contributed by atoms with van der Waals surface area (Å²) in [5.41, 5.74) is -0.0222. The smallest absolute Gasteiger partial charge is 0.328 e. The van der Waals surface area contributed by atoms with Crippen molar-refractivity contribution in [2.24, 2.45) is 4.99 Å². The van der Waals surface area contributed by atoms with E-state index in [0.717, 1.165) is 0 Å². The molecule has 0 fully saturated rings. The molecule has 2 N–H and O–H groups in total. The largest absolute Gasteiger partial charge is 0.454 e. The van der Waals surface area contributed by atoms with Crippen molar-refractivity contribution in [3.05, 3.63) is 29.8 Å². The number of ether oxygens (including phenoxy) is 1. The number of esters is 1. The van der Waals surface area contributed by atoms with Crippen LogP contribution in [0.2, 0.25) is 0 Å². The van der Waals surface area contributed by atoms with E-state index in [1.165, 1.54) is 6.07 Å². The van der Waals surface area contributed by atoms with Crippen molar-refractivity contribution in [1.29, 1.82) is 0 Å². The third kappa shape index (κ3) is 4.54. The lowest BCUT2D eigenvalue weighted by atomic mass is 10.1. The van der Waals surface area contributed by atoms with Crippen molar-refractivity contribution in [3.63, 3.8) is 0 Å². The maximum atomic E-state index is 11.9. The number of hydrogen-bond acceptors (Lipinski definition) is 6. The van der Waals surface area contributed by atoms with E-state index in [1.807, 2.05) is 20.8 Å². The number of carbonyl (C=O) groups excluding carboxylic acids is 2. The molecule has 24 heavy (non-hydrogen) atoms. The van der Waals surface area contributed by atoms with Crippen molar-refractivity contribution in [2.45, 2.75) is 31.2 Å². The van der Waals surface area contributed by atoms with Gasteiger partial charge in [0.15, 0.2) is 6.61 Å². The van der Waals surface area contributed by atoms with E-state index in [2.05, 4.69) is 15.0 Å². The molecule has 1 aromatic rings. The first-order valence-electron chi connectivity index (χ1n) is 7.22. The average molecular weight is 353 g/mol. The molecule has 0 bridgehead atoms. The third-order valence-corrected chi connectivity index (χ3v) is 4.30. The minimum absolute atomic E-state index is 0.0849. The molecule has 0 aromatic heterocycles. The van der Waals surface area contributed by atoms with Gasteiger partial charge in [-0.1, -0.05) is 12.1 Å². The van der Waals surface area contributed by atoms with Crippen LogP contribution in [-0.4, -0.2) is 44.8 Å². The first-order valence-corrected chi connectivity index (χ1v) is 8.70. The maximum Gasteiger partial charge on any atom is 0.328 e. The Morgan fingerprint density at radius 1 is 1.25 bits per heavy atom. The molecule has 0 aliphatic carbocycles. The summed E-state index contributed by atoms with van der Waals surface area (Å²) in [6.45, 7) is 4.62. The van der Waals surface area contributed by atoms with Crippen LogP contribution in [0.15, 0.2) is 34.2 Å². The van der Waals surface area contributed by atoms with Crippen LogP contribution in [0.1, 0.15) is 26.3 Å². The van der Waals surface area contributed by atoms with E-state index in [4.69, 9.17) is 4.74 Å². The zero-order valence-electron chi connectivity index (χ0n) is 13.6. The van der Waals surface area contributed by atoms with Crippen molar-refractivity contribution in [3.8, 4) is 0 Å². The number of amidine groups is 1. The molecule has 8 nitrogen and oxygen atoms in total. The molecule has 1 aromatic carbocycles. The van der Waals surface area contributed by atoms with E-state index in [-0.39, 0.29) is 10.7 Å². The zero-order valence-corrected chi connectivity index (χ0v) is 14.4. The van der Waals surface area contributed by atoms with Gasteiger partial charge in [-0.2, -0.15) is 0 Å². The van der Waals surface area contributed by atoms with Gasteiger partial charge in [-0.05, 0) is 32.9 Å². The number of hydrogen-bond donors (Lipinski definition) is 2. The number of amides is 1. The molecule has 0 saturated carbocycles. The number of nitrogens with zero attached hydrogens (tertiary/aromatic N) is 1. The molecule has 1 aliphatic rings. The number of rotatable bonds is 4. The molecule has 0 unspecified atom stereocenters. The summed E-state index contributed by atoms with van der Waals surface area (Å²) < 4.78 is 30.9. The molecule has 2 rings (SSSR count). The Labute approximate surface area is 140 Å². The van der Waals surface area contributed by atoms with Gasteiger partial charge in [0, 0.05) is 11.1 Å². The van der Waals surface area contributed by atoms with Crippen LogP contribution in [0.4, 0.5) is 0 Å². The quantitative estimate of drug-likeness (QED) is 0.750. The highest BCUT2D eigenvalue weighted by atomic mass is 32.2. The van der Waals surface area contributed by atoms with E-state index < -0.39 is 40.6 Å². The van der Waals surface area contributed by atoms with Gasteiger partial charge in [-0.25, -0.2) is 8.42 Å². The summed E-state index contributed by atoms with van der Waals surface area (Å²) in [4.78, 5) is 27.3. The zero-order chi connectivity index (χ0) is 18.0. The standard InChI is InChI=1S/C15H19N3O5S/c1-15(2,3)17-12(19)9-23-13(20)8-16-14-10-6-4-5-7-11(10)24(21,22)18-14/h4-7H,8-9H2,1-3H3,(H,16,18)(H,17,19). The molecule has 0 atom stereocenters. The van der Waals surface area contributed by atoms with Crippen LogP contribution in [-0.2, 0) is 24.3 Å². The highest BCUT2D eigenvalue weighted by molar-refractivity contribution is 7.90. The second-order valence-electron chi connectivity index (χ2n) is 6.23. The second kappa shape index (κ2) is 6.60. The number of sulfonamides is 1. The van der Waals surface area contributed by atoms with Crippen molar-refractivity contribution in [2.75, 3.05) is 13.2 Å². The minimum atomic E-state index is -3.65. The summed E-state index contributed by atoms with van der Waals surface area (Å²) in [6, 6.07) is 6.32. The second-order valence-corrected chi connectivity index (χ2v) is 7.88. The third-order valence-electron chi connectivity index (χ3n) is 2.91. The summed E-state index contributed by atoms with van der Waals surface area (Å²) >= 11 is 0. The molecular weight excluding hydrogens is 334 g/mol. The van der Waals surface area contributed by atoms with Gasteiger partial charge in [-0.3, -0.25) is 19.3 Å². The lowest BCUT2D eigenvalue weighted by Crippen LogP contribution is -2.42. The fourth-order valence-corrected chi connectivity index (χ4v) is 3.29. The molecule has 1 aliphatic heterocycles. The Balaban J connectivity index is 1.95. The van der Waals surface area contributed by atoms with Crippen molar-refractivity contribution < 1.29 is 22.7 Å². The minimum Gasteiger partial charge on any atom is -0.454 e. The molecule has 1 amide bonds. The number of aliphatic imine (C=N–C) groups is 1. The first kappa shape index (κ1) is 17.9. The summed E-state index contributed by atoms with van der Waals surface area (Å²) in [7, 11) is -3.65. The molecule has 0 saturated heterocycles. The van der Waals surface area contributed by atoms with Gasteiger partial charge >= 0.3 is 5.97 Å². The number of carbonyl (C=O) groups is 2. The van der Waals surface area contributed by atoms with Gasteiger partial charge in [0.25, 0.3) is 15.9 Å². The topological polar surface area (TPSA) is 114 Å². The fraction of sp³-hybridized carbons (Fsp3) is 0.400. The molecule has 130 valence electrons.